The summed E-state index contributed by atoms with van der Waals surface area (Å²) in [5.41, 5.74) is 0.603. The second-order valence-corrected chi connectivity index (χ2v) is 5.36. The van der Waals surface area contributed by atoms with Crippen molar-refractivity contribution in [2.45, 2.75) is 18.9 Å². The van der Waals surface area contributed by atoms with Gasteiger partial charge in [-0.05, 0) is 18.9 Å². The summed E-state index contributed by atoms with van der Waals surface area (Å²) in [6.07, 6.45) is 8.37. The molecule has 8 heteroatoms. The number of hydrogen-bond donors (Lipinski definition) is 1. The van der Waals surface area contributed by atoms with E-state index in [0.29, 0.717) is 29.8 Å². The lowest BCUT2D eigenvalue weighted by Gasteiger charge is -2.31. The number of carbonyl (C=O) groups is 1. The molecule has 1 aliphatic rings. The van der Waals surface area contributed by atoms with Crippen molar-refractivity contribution < 1.29 is 4.79 Å². The van der Waals surface area contributed by atoms with Crippen molar-refractivity contribution in [3.8, 4) is 0 Å². The van der Waals surface area contributed by atoms with Gasteiger partial charge in [0.25, 0.3) is 0 Å². The maximum atomic E-state index is 12.2. The van der Waals surface area contributed by atoms with Crippen LogP contribution in [-0.2, 0) is 0 Å². The van der Waals surface area contributed by atoms with Gasteiger partial charge in [0, 0.05) is 25.5 Å². The number of hydrogen-bond acceptors (Lipinski definition) is 4. The highest BCUT2D eigenvalue weighted by Crippen LogP contribution is 2.22. The highest BCUT2D eigenvalue weighted by atomic mass is 35.5. The number of nitrogens with zero attached hydrogens (tertiary/aromatic N) is 5. The number of piperidine rings is 1. The van der Waals surface area contributed by atoms with Gasteiger partial charge in [0.15, 0.2) is 0 Å². The van der Waals surface area contributed by atoms with Crippen molar-refractivity contribution in [3.05, 3.63) is 35.9 Å². The number of urea groups is 1. The molecule has 0 radical (unpaired) electrons. The summed E-state index contributed by atoms with van der Waals surface area (Å²) in [6, 6.07) is 1.86. The number of anilines is 1. The monoisotopic (exact) mass is 306 g/mol. The van der Waals surface area contributed by atoms with E-state index in [1.807, 2.05) is 10.9 Å². The zero-order valence-corrected chi connectivity index (χ0v) is 12.1. The number of aromatic nitrogens is 4. The molecule has 0 unspecified atom stereocenters. The van der Waals surface area contributed by atoms with Crippen molar-refractivity contribution in [1.82, 2.24) is 24.9 Å². The molecule has 3 heterocycles. The van der Waals surface area contributed by atoms with Gasteiger partial charge in [0.1, 0.15) is 0 Å². The Labute approximate surface area is 126 Å². The van der Waals surface area contributed by atoms with Gasteiger partial charge in [-0.3, -0.25) is 4.98 Å². The molecule has 1 N–H and O–H groups in total. The molecule has 110 valence electrons. The predicted molar refractivity (Wildman–Crippen MR) is 78.1 cm³/mol. The van der Waals surface area contributed by atoms with Gasteiger partial charge >= 0.3 is 6.03 Å². The van der Waals surface area contributed by atoms with E-state index in [1.165, 1.54) is 6.20 Å². The minimum atomic E-state index is -0.129. The third-order valence-corrected chi connectivity index (χ3v) is 3.73. The molecule has 2 aromatic heterocycles. The summed E-state index contributed by atoms with van der Waals surface area (Å²) in [5.74, 6) is 0. The average Bonchev–Trinajstić information content (AvgIpc) is 3.01. The molecule has 7 nitrogen and oxygen atoms in total. The second kappa shape index (κ2) is 6.09. The summed E-state index contributed by atoms with van der Waals surface area (Å²) in [6.45, 7) is 1.37. The van der Waals surface area contributed by atoms with Gasteiger partial charge in [-0.25, -0.2) is 9.48 Å². The summed E-state index contributed by atoms with van der Waals surface area (Å²) < 4.78 is 1.86. The van der Waals surface area contributed by atoms with Gasteiger partial charge in [0.05, 0.1) is 29.1 Å². The van der Waals surface area contributed by atoms with E-state index in [4.69, 9.17) is 11.6 Å². The lowest BCUT2D eigenvalue weighted by Crippen LogP contribution is -2.41. The Morgan fingerprint density at radius 1 is 1.33 bits per heavy atom. The van der Waals surface area contributed by atoms with E-state index < -0.39 is 0 Å². The Morgan fingerprint density at radius 2 is 2.14 bits per heavy atom. The van der Waals surface area contributed by atoms with Crippen LogP contribution >= 0.6 is 11.6 Å². The van der Waals surface area contributed by atoms with E-state index >= 15 is 0 Å². The van der Waals surface area contributed by atoms with E-state index in [-0.39, 0.29) is 6.03 Å². The van der Waals surface area contributed by atoms with Crippen molar-refractivity contribution in [2.24, 2.45) is 0 Å². The Balaban J connectivity index is 1.55. The number of pyridine rings is 1. The number of likely N-dealkylation sites (tertiary alicyclic amines) is 1. The van der Waals surface area contributed by atoms with Gasteiger partial charge < -0.3 is 10.2 Å². The first kappa shape index (κ1) is 13.8. The Hall–Kier alpha value is -2.15. The van der Waals surface area contributed by atoms with E-state index in [9.17, 15) is 4.79 Å². The zero-order chi connectivity index (χ0) is 14.7. The predicted octanol–water partition coefficient (Wildman–Crippen LogP) is 2.20. The highest BCUT2D eigenvalue weighted by Gasteiger charge is 2.24. The molecule has 2 amide bonds. The van der Waals surface area contributed by atoms with E-state index in [1.54, 1.807) is 23.4 Å². The first-order chi connectivity index (χ1) is 10.2. The summed E-state index contributed by atoms with van der Waals surface area (Å²) in [4.78, 5) is 17.9. The fourth-order valence-corrected chi connectivity index (χ4v) is 2.60. The van der Waals surface area contributed by atoms with Crippen LogP contribution in [0.5, 0.6) is 0 Å². The molecule has 21 heavy (non-hydrogen) atoms. The summed E-state index contributed by atoms with van der Waals surface area (Å²) in [7, 11) is 0. The lowest BCUT2D eigenvalue weighted by molar-refractivity contribution is 0.179. The Kier molecular flexibility index (Phi) is 4.01. The number of rotatable bonds is 2. The van der Waals surface area contributed by atoms with Gasteiger partial charge in [-0.15, -0.1) is 5.10 Å². The quantitative estimate of drug-likeness (QED) is 0.923. The molecule has 0 aliphatic carbocycles. The fraction of sp³-hybridized carbons (Fsp3) is 0.385. The third kappa shape index (κ3) is 3.30. The smallest absolute Gasteiger partial charge is 0.321 e. The van der Waals surface area contributed by atoms with Crippen LogP contribution in [0.2, 0.25) is 5.02 Å². The zero-order valence-electron chi connectivity index (χ0n) is 11.3. The van der Waals surface area contributed by atoms with Crippen LogP contribution in [0.1, 0.15) is 18.9 Å². The van der Waals surface area contributed by atoms with Crippen LogP contribution in [-0.4, -0.2) is 44.0 Å². The third-order valence-electron chi connectivity index (χ3n) is 3.52. The Morgan fingerprint density at radius 3 is 2.81 bits per heavy atom. The SMILES string of the molecule is O=C(Nc1cncc(Cl)c1)N1CCC(n2ccnn2)CC1. The van der Waals surface area contributed by atoms with E-state index in [2.05, 4.69) is 20.6 Å². The van der Waals surface area contributed by atoms with Crippen molar-refractivity contribution in [2.75, 3.05) is 18.4 Å². The summed E-state index contributed by atoms with van der Waals surface area (Å²) in [5, 5.41) is 11.1. The molecule has 3 rings (SSSR count). The summed E-state index contributed by atoms with van der Waals surface area (Å²) >= 11 is 5.85. The lowest BCUT2D eigenvalue weighted by atomic mass is 10.1. The number of nitrogens with one attached hydrogen (secondary N) is 1. The second-order valence-electron chi connectivity index (χ2n) is 4.92. The maximum absolute atomic E-state index is 12.2. The molecule has 0 atom stereocenters. The van der Waals surface area contributed by atoms with Crippen molar-refractivity contribution in [3.63, 3.8) is 0 Å². The fourth-order valence-electron chi connectivity index (χ4n) is 2.43. The van der Waals surface area contributed by atoms with E-state index in [0.717, 1.165) is 12.8 Å². The van der Waals surface area contributed by atoms with Crippen LogP contribution in [0, 0.1) is 0 Å². The van der Waals surface area contributed by atoms with Crippen molar-refractivity contribution >= 4 is 23.3 Å². The molecule has 1 aliphatic heterocycles. The first-order valence-corrected chi connectivity index (χ1v) is 7.12. The van der Waals surface area contributed by atoms with Crippen molar-refractivity contribution in [1.29, 1.82) is 0 Å². The van der Waals surface area contributed by atoms with Crippen LogP contribution in [0.25, 0.3) is 0 Å². The molecule has 0 saturated carbocycles. The maximum Gasteiger partial charge on any atom is 0.321 e. The standard InChI is InChI=1S/C13H15ClN6O/c14-10-7-11(9-15-8-10)17-13(21)19-4-1-12(2-5-19)20-6-3-16-18-20/h3,6-9,12H,1-2,4-5H2,(H,17,21). The molecular formula is C13H15ClN6O. The number of carbonyl (C=O) groups excluding carboxylic acids is 1. The van der Waals surface area contributed by atoms with Gasteiger partial charge in [-0.1, -0.05) is 16.8 Å². The van der Waals surface area contributed by atoms with Gasteiger partial charge in [-0.2, -0.15) is 0 Å². The molecule has 1 fully saturated rings. The van der Waals surface area contributed by atoms with Crippen LogP contribution in [0.15, 0.2) is 30.9 Å². The van der Waals surface area contributed by atoms with Gasteiger partial charge in [0.2, 0.25) is 0 Å². The molecule has 0 bridgehead atoms. The highest BCUT2D eigenvalue weighted by molar-refractivity contribution is 6.30. The number of halogens is 1. The largest absolute Gasteiger partial charge is 0.324 e. The molecule has 1 saturated heterocycles. The Bertz CT molecular complexity index is 609. The first-order valence-electron chi connectivity index (χ1n) is 6.74. The molecule has 2 aromatic rings. The number of amides is 2. The normalized spacial score (nSPS) is 16.0. The van der Waals surface area contributed by atoms with Crippen LogP contribution in [0.4, 0.5) is 10.5 Å². The van der Waals surface area contributed by atoms with Crippen LogP contribution in [0.3, 0.4) is 0 Å². The average molecular weight is 307 g/mol. The topological polar surface area (TPSA) is 75.9 Å². The minimum Gasteiger partial charge on any atom is -0.324 e. The van der Waals surface area contributed by atoms with Crippen LogP contribution < -0.4 is 5.32 Å². The minimum absolute atomic E-state index is 0.129. The molecular weight excluding hydrogens is 292 g/mol. The molecule has 0 spiro atoms. The molecule has 0 aromatic carbocycles.